The van der Waals surface area contributed by atoms with Crippen LogP contribution in [-0.2, 0) is 0 Å². The fourth-order valence-corrected chi connectivity index (χ4v) is 2.86. The number of fused-ring (bicyclic) bond motifs is 3. The molecule has 4 heteroatoms. The van der Waals surface area contributed by atoms with Crippen LogP contribution in [0.3, 0.4) is 0 Å². The van der Waals surface area contributed by atoms with Crippen molar-refractivity contribution in [2.45, 2.75) is 0 Å². The topological polar surface area (TPSA) is 42.9 Å². The summed E-state index contributed by atoms with van der Waals surface area (Å²) in [6, 6.07) is 7.57. The number of carbonyl (C=O) groups excluding carboxylic acids is 1. The molecule has 0 bridgehead atoms. The molecule has 0 unspecified atom stereocenters. The molecule has 0 N–H and O–H groups in total. The predicted molar refractivity (Wildman–Crippen MR) is 47.8 cm³/mol. The molecule has 0 saturated carbocycles. The quantitative estimate of drug-likeness (QED) is 0.540. The maximum atomic E-state index is 11.7. The molecule has 2 aromatic rings. The van der Waals surface area contributed by atoms with Crippen LogP contribution in [0.15, 0.2) is 24.3 Å². The summed E-state index contributed by atoms with van der Waals surface area (Å²) in [5, 5.41) is 4.00. The normalized spacial score (nSPS) is 12.8. The number of rotatable bonds is 0. The van der Waals surface area contributed by atoms with E-state index in [9.17, 15) is 4.79 Å². The van der Waals surface area contributed by atoms with Crippen molar-refractivity contribution >= 4 is 20.5 Å². The summed E-state index contributed by atoms with van der Waals surface area (Å²) in [5.41, 5.74) is 2.54. The molecular formula is C9H4N2OSe. The number of hydrogen-bond donors (Lipinski definition) is 0. The van der Waals surface area contributed by atoms with Gasteiger partial charge in [-0.15, -0.1) is 0 Å². The Morgan fingerprint density at radius 3 is 2.77 bits per heavy atom. The summed E-state index contributed by atoms with van der Waals surface area (Å²) >= 11 is -0.0918. The first-order chi connectivity index (χ1) is 6.38. The molecular weight excluding hydrogens is 231 g/mol. The van der Waals surface area contributed by atoms with Crippen molar-refractivity contribution in [3.05, 3.63) is 34.3 Å². The SMILES string of the molecule is O=C1c2ccccc2-c2nn[se]c21. The van der Waals surface area contributed by atoms with E-state index in [4.69, 9.17) is 0 Å². The minimum atomic E-state index is -0.0918. The van der Waals surface area contributed by atoms with Gasteiger partial charge in [-0.25, -0.2) is 0 Å². The molecule has 1 aliphatic rings. The van der Waals surface area contributed by atoms with Gasteiger partial charge >= 0.3 is 80.0 Å². The van der Waals surface area contributed by atoms with Gasteiger partial charge in [0.25, 0.3) is 0 Å². The Balaban J connectivity index is 2.43. The standard InChI is InChI=1S/C9H4N2OSe/c12-8-6-4-2-1-3-5(6)7-9(8)13-11-10-7/h1-4H. The molecule has 3 nitrogen and oxygen atoms in total. The summed E-state index contributed by atoms with van der Waals surface area (Å²) < 4.78 is 4.72. The molecule has 0 atom stereocenters. The van der Waals surface area contributed by atoms with Crippen molar-refractivity contribution in [2.75, 3.05) is 0 Å². The van der Waals surface area contributed by atoms with Gasteiger partial charge in [-0.05, 0) is 0 Å². The number of benzene rings is 1. The maximum absolute atomic E-state index is 11.7. The monoisotopic (exact) mass is 236 g/mol. The van der Waals surface area contributed by atoms with Gasteiger partial charge in [0.15, 0.2) is 0 Å². The molecule has 1 aromatic heterocycles. The molecule has 1 heterocycles. The molecule has 0 fully saturated rings. The van der Waals surface area contributed by atoms with Gasteiger partial charge in [0.2, 0.25) is 0 Å². The van der Waals surface area contributed by atoms with Crippen LogP contribution in [0.2, 0.25) is 0 Å². The van der Waals surface area contributed by atoms with Crippen LogP contribution in [0.4, 0.5) is 0 Å². The van der Waals surface area contributed by atoms with E-state index < -0.39 is 0 Å². The predicted octanol–water partition coefficient (Wildman–Crippen LogP) is 0.745. The van der Waals surface area contributed by atoms with E-state index in [1.165, 1.54) is 0 Å². The second-order valence-corrected chi connectivity index (χ2v) is 4.41. The zero-order valence-electron chi connectivity index (χ0n) is 6.52. The minimum absolute atomic E-state index is 0.0918. The zero-order chi connectivity index (χ0) is 8.84. The first-order valence-corrected chi connectivity index (χ1v) is 5.46. The molecule has 0 aliphatic heterocycles. The molecule has 1 aromatic carbocycles. The second kappa shape index (κ2) is 2.37. The summed E-state index contributed by atoms with van der Waals surface area (Å²) in [6.07, 6.45) is 0. The Bertz CT molecular complexity index is 504. The van der Waals surface area contributed by atoms with Gasteiger partial charge in [-0.1, -0.05) is 0 Å². The fourth-order valence-electron chi connectivity index (χ4n) is 1.53. The molecule has 0 radical (unpaired) electrons. The number of hydrogen-bond acceptors (Lipinski definition) is 3. The van der Waals surface area contributed by atoms with Crippen LogP contribution >= 0.6 is 0 Å². The molecule has 3 rings (SSSR count). The average Bonchev–Trinajstić information content (AvgIpc) is 2.72. The van der Waals surface area contributed by atoms with Crippen molar-refractivity contribution in [2.24, 2.45) is 0 Å². The van der Waals surface area contributed by atoms with Crippen molar-refractivity contribution in [1.82, 2.24) is 9.19 Å². The number of nitrogens with zero attached hydrogens (tertiary/aromatic N) is 2. The Kier molecular flexibility index (Phi) is 1.31. The molecule has 0 spiro atoms. The Labute approximate surface area is 80.4 Å². The third kappa shape index (κ3) is 0.816. The van der Waals surface area contributed by atoms with Gasteiger partial charge in [0.05, 0.1) is 0 Å². The molecule has 0 saturated heterocycles. The fraction of sp³-hybridized carbons (Fsp3) is 0. The van der Waals surface area contributed by atoms with Crippen LogP contribution < -0.4 is 0 Å². The van der Waals surface area contributed by atoms with Crippen LogP contribution in [0.25, 0.3) is 11.3 Å². The summed E-state index contributed by atoms with van der Waals surface area (Å²) in [5.74, 6) is 0.121. The third-order valence-corrected chi connectivity index (χ3v) is 3.64. The average molecular weight is 235 g/mol. The van der Waals surface area contributed by atoms with Crippen LogP contribution in [0.1, 0.15) is 14.8 Å². The van der Waals surface area contributed by atoms with E-state index in [1.54, 1.807) is 0 Å². The van der Waals surface area contributed by atoms with Crippen molar-refractivity contribution in [3.63, 3.8) is 0 Å². The molecule has 1 aliphatic carbocycles. The third-order valence-electron chi connectivity index (χ3n) is 2.12. The molecule has 13 heavy (non-hydrogen) atoms. The van der Waals surface area contributed by atoms with E-state index in [0.717, 1.165) is 21.3 Å². The van der Waals surface area contributed by atoms with E-state index in [1.807, 2.05) is 24.3 Å². The van der Waals surface area contributed by atoms with Gasteiger partial charge in [0, 0.05) is 0 Å². The second-order valence-electron chi connectivity index (χ2n) is 2.83. The Hall–Kier alpha value is -1.25. The van der Waals surface area contributed by atoms with Gasteiger partial charge in [0.1, 0.15) is 0 Å². The van der Waals surface area contributed by atoms with Gasteiger partial charge < -0.3 is 0 Å². The van der Waals surface area contributed by atoms with E-state index in [2.05, 4.69) is 9.19 Å². The first-order valence-electron chi connectivity index (χ1n) is 3.84. The number of carbonyl (C=O) groups is 1. The summed E-state index contributed by atoms with van der Waals surface area (Å²) in [4.78, 5) is 11.7. The zero-order valence-corrected chi connectivity index (χ0v) is 8.23. The molecule has 0 amide bonds. The number of aromatic nitrogens is 2. The number of ketones is 1. The van der Waals surface area contributed by atoms with Crippen molar-refractivity contribution in [3.8, 4) is 11.3 Å². The van der Waals surface area contributed by atoms with Gasteiger partial charge in [-0.2, -0.15) is 0 Å². The van der Waals surface area contributed by atoms with Gasteiger partial charge in [-0.3, -0.25) is 0 Å². The van der Waals surface area contributed by atoms with Crippen molar-refractivity contribution < 1.29 is 4.79 Å². The summed E-state index contributed by atoms with van der Waals surface area (Å²) in [7, 11) is 0. The molecule has 62 valence electrons. The van der Waals surface area contributed by atoms with E-state index >= 15 is 0 Å². The van der Waals surface area contributed by atoms with Crippen LogP contribution in [-0.4, -0.2) is 29.7 Å². The Morgan fingerprint density at radius 2 is 1.92 bits per heavy atom. The summed E-state index contributed by atoms with van der Waals surface area (Å²) in [6.45, 7) is 0. The van der Waals surface area contributed by atoms with E-state index in [-0.39, 0.29) is 20.5 Å². The van der Waals surface area contributed by atoms with Crippen LogP contribution in [0, 0.1) is 0 Å². The Morgan fingerprint density at radius 1 is 1.15 bits per heavy atom. The first kappa shape index (κ1) is 7.18. The van der Waals surface area contributed by atoms with E-state index in [0.29, 0.717) is 0 Å². The van der Waals surface area contributed by atoms with Crippen LogP contribution in [0.5, 0.6) is 0 Å². The van der Waals surface area contributed by atoms with Crippen molar-refractivity contribution in [1.29, 1.82) is 0 Å².